The Bertz CT molecular complexity index is 627. The number of nitrogens with one attached hydrogen (secondary N) is 1. The highest BCUT2D eigenvalue weighted by Gasteiger charge is 2.33. The predicted molar refractivity (Wildman–Crippen MR) is 90.1 cm³/mol. The first kappa shape index (κ1) is 15.8. The molecular formula is C17H22BN2O4. The molecule has 1 unspecified atom stereocenters. The molecule has 6 nitrogen and oxygen atoms in total. The van der Waals surface area contributed by atoms with Crippen molar-refractivity contribution in [3.8, 4) is 11.5 Å². The van der Waals surface area contributed by atoms with Gasteiger partial charge in [0.1, 0.15) is 23.2 Å². The predicted octanol–water partition coefficient (Wildman–Crippen LogP) is 1.03. The second-order valence-corrected chi connectivity index (χ2v) is 6.87. The van der Waals surface area contributed by atoms with E-state index in [1.807, 2.05) is 6.07 Å². The zero-order valence-corrected chi connectivity index (χ0v) is 13.7. The van der Waals surface area contributed by atoms with Crippen molar-refractivity contribution in [1.82, 2.24) is 10.2 Å². The minimum Gasteiger partial charge on any atom is -0.562 e. The summed E-state index contributed by atoms with van der Waals surface area (Å²) in [5.41, 5.74) is 1.09. The van der Waals surface area contributed by atoms with E-state index in [-0.39, 0.29) is 11.7 Å². The molecule has 3 aliphatic heterocycles. The van der Waals surface area contributed by atoms with E-state index < -0.39 is 5.97 Å². The normalized spacial score (nSPS) is 23.8. The van der Waals surface area contributed by atoms with E-state index in [0.29, 0.717) is 11.5 Å². The Morgan fingerprint density at radius 2 is 2.33 bits per heavy atom. The molecule has 1 radical (unpaired) electrons. The number of likely N-dealkylation sites (tertiary alicyclic amines) is 1. The van der Waals surface area contributed by atoms with Gasteiger partial charge in [-0.1, -0.05) is 6.07 Å². The minimum absolute atomic E-state index is 0.0584. The van der Waals surface area contributed by atoms with Crippen molar-refractivity contribution >= 4 is 13.5 Å². The van der Waals surface area contributed by atoms with Crippen molar-refractivity contribution in [3.05, 3.63) is 23.3 Å². The third-order valence-corrected chi connectivity index (χ3v) is 5.04. The van der Waals surface area contributed by atoms with E-state index in [2.05, 4.69) is 10.2 Å². The molecule has 0 aromatic heterocycles. The van der Waals surface area contributed by atoms with Gasteiger partial charge in [0.15, 0.2) is 0 Å². The Labute approximate surface area is 142 Å². The van der Waals surface area contributed by atoms with Gasteiger partial charge in [-0.2, -0.15) is 0 Å². The van der Waals surface area contributed by atoms with Gasteiger partial charge in [0.05, 0.1) is 0 Å². The number of aryl methyl sites for hydroxylation is 1. The molecule has 0 bridgehead atoms. The first-order chi connectivity index (χ1) is 11.7. The maximum atomic E-state index is 11.7. The van der Waals surface area contributed by atoms with Gasteiger partial charge in [0.25, 0.3) is 0 Å². The van der Waals surface area contributed by atoms with E-state index in [9.17, 15) is 9.90 Å². The maximum Gasteiger partial charge on any atom is 0.370 e. The van der Waals surface area contributed by atoms with Crippen molar-refractivity contribution in [2.24, 2.45) is 5.92 Å². The van der Waals surface area contributed by atoms with Crippen molar-refractivity contribution in [2.75, 3.05) is 32.7 Å². The number of carboxylic acid groups (broad SMARTS) is 1. The Morgan fingerprint density at radius 1 is 1.46 bits per heavy atom. The van der Waals surface area contributed by atoms with Crippen LogP contribution in [0.5, 0.6) is 11.5 Å². The van der Waals surface area contributed by atoms with Gasteiger partial charge in [0, 0.05) is 19.6 Å². The van der Waals surface area contributed by atoms with Crippen LogP contribution in [0.25, 0.3) is 0 Å². The standard InChI is InChI=1S/C17H22BN2O4/c21-17(22)15-14(2-1-12-3-5-18-24-16(12)15)23-13-9-20(10-13)8-11-4-6-19-7-11/h1-2,11,13,19H,3-10H2,(H,21,22). The Hall–Kier alpha value is -1.73. The fourth-order valence-corrected chi connectivity index (χ4v) is 3.76. The Balaban J connectivity index is 1.41. The van der Waals surface area contributed by atoms with Crippen LogP contribution >= 0.6 is 0 Å². The third kappa shape index (κ3) is 3.10. The average Bonchev–Trinajstić information content (AvgIpc) is 3.05. The highest BCUT2D eigenvalue weighted by molar-refractivity contribution is 6.29. The molecule has 4 rings (SSSR count). The molecule has 0 aliphatic carbocycles. The number of nitrogens with zero attached hydrogens (tertiary/aromatic N) is 1. The van der Waals surface area contributed by atoms with E-state index >= 15 is 0 Å². The topological polar surface area (TPSA) is 71.0 Å². The SMILES string of the molecule is O=C(O)c1c(OC2CN(CC3CCNC3)C2)ccc2c1O[B]CC2. The van der Waals surface area contributed by atoms with Gasteiger partial charge in [0.2, 0.25) is 0 Å². The molecule has 1 aromatic carbocycles. The monoisotopic (exact) mass is 329 g/mol. The van der Waals surface area contributed by atoms with Crippen molar-refractivity contribution < 1.29 is 19.3 Å². The van der Waals surface area contributed by atoms with Gasteiger partial charge in [-0.05, 0) is 49.8 Å². The van der Waals surface area contributed by atoms with Crippen LogP contribution in [0.15, 0.2) is 12.1 Å². The zero-order chi connectivity index (χ0) is 16.5. The summed E-state index contributed by atoms with van der Waals surface area (Å²) in [6.07, 6.45) is 2.91. The van der Waals surface area contributed by atoms with Crippen molar-refractivity contribution in [1.29, 1.82) is 0 Å². The lowest BCUT2D eigenvalue weighted by Gasteiger charge is -2.40. The molecular weight excluding hydrogens is 307 g/mol. The molecule has 2 N–H and O–H groups in total. The number of benzene rings is 1. The molecule has 3 aliphatic rings. The summed E-state index contributed by atoms with van der Waals surface area (Å²) in [5, 5.41) is 13.0. The average molecular weight is 329 g/mol. The molecule has 0 saturated carbocycles. The molecule has 1 aromatic rings. The molecule has 2 fully saturated rings. The van der Waals surface area contributed by atoms with Crippen LogP contribution in [-0.4, -0.2) is 62.3 Å². The second kappa shape index (κ2) is 6.65. The molecule has 127 valence electrons. The van der Waals surface area contributed by atoms with E-state index in [4.69, 9.17) is 9.39 Å². The molecule has 24 heavy (non-hydrogen) atoms. The molecule has 2 saturated heterocycles. The summed E-state index contributed by atoms with van der Waals surface area (Å²) in [4.78, 5) is 14.1. The van der Waals surface area contributed by atoms with Crippen LogP contribution in [-0.2, 0) is 6.42 Å². The lowest BCUT2D eigenvalue weighted by Crippen LogP contribution is -2.55. The minimum atomic E-state index is -0.995. The van der Waals surface area contributed by atoms with Crippen LogP contribution in [0.1, 0.15) is 22.3 Å². The van der Waals surface area contributed by atoms with Crippen LogP contribution in [0, 0.1) is 5.92 Å². The fraction of sp³-hybridized carbons (Fsp3) is 0.588. The largest absolute Gasteiger partial charge is 0.562 e. The van der Waals surface area contributed by atoms with Crippen LogP contribution in [0.4, 0.5) is 0 Å². The third-order valence-electron chi connectivity index (χ3n) is 5.04. The van der Waals surface area contributed by atoms with Gasteiger partial charge in [-0.3, -0.25) is 4.90 Å². The molecule has 0 amide bonds. The van der Waals surface area contributed by atoms with Crippen LogP contribution in [0.2, 0.25) is 6.32 Å². The van der Waals surface area contributed by atoms with Gasteiger partial charge in [-0.25, -0.2) is 4.79 Å². The van der Waals surface area contributed by atoms with Gasteiger partial charge < -0.3 is 19.8 Å². The van der Waals surface area contributed by atoms with Crippen LogP contribution < -0.4 is 14.7 Å². The summed E-state index contributed by atoms with van der Waals surface area (Å²) >= 11 is 0. The first-order valence-corrected chi connectivity index (χ1v) is 8.68. The van der Waals surface area contributed by atoms with Gasteiger partial charge >= 0.3 is 13.5 Å². The number of hydrogen-bond acceptors (Lipinski definition) is 5. The number of rotatable bonds is 5. The second-order valence-electron chi connectivity index (χ2n) is 6.87. The zero-order valence-electron chi connectivity index (χ0n) is 13.7. The van der Waals surface area contributed by atoms with Crippen LogP contribution in [0.3, 0.4) is 0 Å². The van der Waals surface area contributed by atoms with Crippen molar-refractivity contribution in [2.45, 2.75) is 25.3 Å². The summed E-state index contributed by atoms with van der Waals surface area (Å²) in [7, 11) is 1.67. The smallest absolute Gasteiger partial charge is 0.370 e. The number of ether oxygens (including phenoxy) is 1. The fourth-order valence-electron chi connectivity index (χ4n) is 3.76. The first-order valence-electron chi connectivity index (χ1n) is 8.68. The molecule has 1 atom stereocenters. The Morgan fingerprint density at radius 3 is 3.08 bits per heavy atom. The molecule has 3 heterocycles. The number of aromatic carboxylic acids is 1. The highest BCUT2D eigenvalue weighted by atomic mass is 16.5. The lowest BCUT2D eigenvalue weighted by molar-refractivity contribution is 0.0108. The summed E-state index contributed by atoms with van der Waals surface area (Å²) in [6.45, 7) is 5.04. The van der Waals surface area contributed by atoms with E-state index in [0.717, 1.165) is 56.9 Å². The summed E-state index contributed by atoms with van der Waals surface area (Å²) in [5.74, 6) is 0.599. The number of carbonyl (C=O) groups is 1. The number of carboxylic acids is 1. The van der Waals surface area contributed by atoms with E-state index in [1.54, 1.807) is 13.5 Å². The number of hydrogen-bond donors (Lipinski definition) is 2. The van der Waals surface area contributed by atoms with Gasteiger partial charge in [-0.15, -0.1) is 0 Å². The molecule has 7 heteroatoms. The summed E-state index contributed by atoms with van der Waals surface area (Å²) in [6, 6.07) is 3.70. The quantitative estimate of drug-likeness (QED) is 0.787. The van der Waals surface area contributed by atoms with Crippen molar-refractivity contribution in [3.63, 3.8) is 0 Å². The number of fused-ring (bicyclic) bond motifs is 1. The van der Waals surface area contributed by atoms with E-state index in [1.165, 1.54) is 6.42 Å². The maximum absolute atomic E-state index is 11.7. The molecule has 0 spiro atoms. The summed E-state index contributed by atoms with van der Waals surface area (Å²) < 4.78 is 11.5. The lowest BCUT2D eigenvalue weighted by atomic mass is 9.85. The highest BCUT2D eigenvalue weighted by Crippen LogP contribution is 2.36. The Kier molecular flexibility index (Phi) is 4.37.